The molecule has 0 spiro atoms. The van der Waals surface area contributed by atoms with Gasteiger partial charge in [0.1, 0.15) is 10.6 Å². The lowest BCUT2D eigenvalue weighted by Gasteiger charge is -2.11. The van der Waals surface area contributed by atoms with Crippen molar-refractivity contribution in [1.29, 1.82) is 0 Å². The minimum absolute atomic E-state index is 0.190. The lowest BCUT2D eigenvalue weighted by Crippen LogP contribution is -2.17. The van der Waals surface area contributed by atoms with Gasteiger partial charge in [-0.1, -0.05) is 36.4 Å². The van der Waals surface area contributed by atoms with Gasteiger partial charge in [0.15, 0.2) is 11.0 Å². The lowest BCUT2D eigenvalue weighted by atomic mass is 10.0. The number of carbonyl (C=O) groups excluding carboxylic acids is 2. The van der Waals surface area contributed by atoms with E-state index in [9.17, 15) is 14.4 Å². The molecule has 2 heterocycles. The lowest BCUT2D eigenvalue weighted by molar-refractivity contribution is 0.100. The van der Waals surface area contributed by atoms with Crippen LogP contribution in [0.1, 0.15) is 25.6 Å². The largest absolute Gasteiger partial charge is 0.455 e. The van der Waals surface area contributed by atoms with Crippen molar-refractivity contribution in [3.63, 3.8) is 0 Å². The predicted octanol–water partition coefficient (Wildman–Crippen LogP) is 4.18. The van der Waals surface area contributed by atoms with Gasteiger partial charge in [0, 0.05) is 11.1 Å². The second-order valence-electron chi connectivity index (χ2n) is 6.42. The van der Waals surface area contributed by atoms with Gasteiger partial charge in [-0.25, -0.2) is 0 Å². The van der Waals surface area contributed by atoms with Crippen LogP contribution in [-0.2, 0) is 0 Å². The molecule has 4 aromatic rings. The van der Waals surface area contributed by atoms with Gasteiger partial charge >= 0.3 is 0 Å². The Morgan fingerprint density at radius 2 is 1.79 bits per heavy atom. The van der Waals surface area contributed by atoms with Gasteiger partial charge in [0.25, 0.3) is 11.8 Å². The van der Waals surface area contributed by atoms with E-state index in [1.807, 2.05) is 30.3 Å². The highest BCUT2D eigenvalue weighted by molar-refractivity contribution is 7.12. The van der Waals surface area contributed by atoms with E-state index >= 15 is 0 Å². The van der Waals surface area contributed by atoms with E-state index in [4.69, 9.17) is 10.2 Å². The van der Waals surface area contributed by atoms with Crippen LogP contribution < -0.4 is 16.5 Å². The Hall–Kier alpha value is -3.71. The molecule has 144 valence electrons. The van der Waals surface area contributed by atoms with E-state index in [1.165, 1.54) is 0 Å². The van der Waals surface area contributed by atoms with Crippen LogP contribution in [0.4, 0.5) is 5.69 Å². The number of benzene rings is 2. The van der Waals surface area contributed by atoms with Gasteiger partial charge < -0.3 is 15.5 Å². The van der Waals surface area contributed by atoms with Crippen molar-refractivity contribution in [3.8, 4) is 11.3 Å². The number of carbonyl (C=O) groups is 2. The number of nitrogens with one attached hydrogen (secondary N) is 1. The zero-order chi connectivity index (χ0) is 20.5. The van der Waals surface area contributed by atoms with Crippen molar-refractivity contribution in [1.82, 2.24) is 0 Å². The van der Waals surface area contributed by atoms with Crippen molar-refractivity contribution < 1.29 is 14.0 Å². The topological polar surface area (TPSA) is 102 Å². The van der Waals surface area contributed by atoms with Gasteiger partial charge in [-0.15, -0.1) is 11.3 Å². The molecule has 0 aliphatic rings. The second-order valence-corrected chi connectivity index (χ2v) is 7.33. The van der Waals surface area contributed by atoms with Crippen LogP contribution in [0.5, 0.6) is 0 Å². The van der Waals surface area contributed by atoms with Crippen LogP contribution in [-0.4, -0.2) is 11.8 Å². The molecule has 4 rings (SSSR count). The molecule has 0 aliphatic carbocycles. The predicted molar refractivity (Wildman–Crippen MR) is 113 cm³/mol. The maximum atomic E-state index is 12.9. The molecule has 7 heteroatoms. The molecule has 0 saturated heterocycles. The average Bonchev–Trinajstić information content (AvgIpc) is 3.19. The summed E-state index contributed by atoms with van der Waals surface area (Å²) in [5.74, 6) is -0.707. The number of para-hydroxylation sites is 1. The molecule has 0 radical (unpaired) electrons. The summed E-state index contributed by atoms with van der Waals surface area (Å²) >= 11 is 1.14. The molecule has 0 atom stereocenters. The molecule has 0 saturated carbocycles. The fourth-order valence-corrected chi connectivity index (χ4v) is 3.84. The monoisotopic (exact) mass is 404 g/mol. The minimum Gasteiger partial charge on any atom is -0.455 e. The van der Waals surface area contributed by atoms with Crippen LogP contribution in [0.3, 0.4) is 0 Å². The number of fused-ring (bicyclic) bond motifs is 1. The third-order valence-corrected chi connectivity index (χ3v) is 5.49. The van der Waals surface area contributed by atoms with Gasteiger partial charge in [-0.05, 0) is 30.5 Å². The maximum absolute atomic E-state index is 12.9. The number of primary amides is 1. The Morgan fingerprint density at radius 1 is 1.03 bits per heavy atom. The van der Waals surface area contributed by atoms with Gasteiger partial charge in [-0.2, -0.15) is 0 Å². The van der Waals surface area contributed by atoms with Crippen LogP contribution in [0.2, 0.25) is 0 Å². The van der Waals surface area contributed by atoms with Crippen molar-refractivity contribution >= 4 is 39.8 Å². The zero-order valence-electron chi connectivity index (χ0n) is 15.4. The second kappa shape index (κ2) is 7.37. The standard InChI is InChI=1S/C22H16N2O4S/c1-12-17(25)14-8-5-9-15(19(14)28-18(12)13-6-3-2-4-7-13)22(27)24-16-10-11-29-20(16)21(23)26/h2-11H,1H3,(H2,23,26)(H,24,27). The van der Waals surface area contributed by atoms with Gasteiger partial charge in [0.2, 0.25) is 0 Å². The smallest absolute Gasteiger partial charge is 0.260 e. The van der Waals surface area contributed by atoms with Crippen LogP contribution in [0, 0.1) is 6.92 Å². The van der Waals surface area contributed by atoms with Crippen LogP contribution in [0.15, 0.2) is 69.2 Å². The number of hydrogen-bond donors (Lipinski definition) is 2. The van der Waals surface area contributed by atoms with E-state index in [2.05, 4.69) is 5.32 Å². The minimum atomic E-state index is -0.623. The Bertz CT molecular complexity index is 1310. The molecule has 3 N–H and O–H groups in total. The molecular weight excluding hydrogens is 388 g/mol. The van der Waals surface area contributed by atoms with E-state index in [0.717, 1.165) is 16.9 Å². The Balaban J connectivity index is 1.86. The summed E-state index contributed by atoms with van der Waals surface area (Å²) in [6, 6.07) is 15.7. The number of thiophene rings is 1. The molecule has 0 unspecified atom stereocenters. The first-order valence-corrected chi connectivity index (χ1v) is 9.66. The van der Waals surface area contributed by atoms with E-state index in [0.29, 0.717) is 22.4 Å². The fourth-order valence-electron chi connectivity index (χ4n) is 3.14. The molecule has 0 bridgehead atoms. The SMILES string of the molecule is Cc1c(-c2ccccc2)oc2c(C(=O)Nc3ccsc3C(N)=O)cccc2c1=O. The molecule has 2 amide bonds. The van der Waals surface area contributed by atoms with E-state index < -0.39 is 11.8 Å². The quantitative estimate of drug-likeness (QED) is 0.532. The van der Waals surface area contributed by atoms with Crippen LogP contribution in [0.25, 0.3) is 22.3 Å². The van der Waals surface area contributed by atoms with Crippen molar-refractivity contribution in [2.24, 2.45) is 5.73 Å². The first kappa shape index (κ1) is 18.6. The summed E-state index contributed by atoms with van der Waals surface area (Å²) in [6.45, 7) is 1.70. The normalized spacial score (nSPS) is 10.8. The summed E-state index contributed by atoms with van der Waals surface area (Å²) in [4.78, 5) is 37.6. The molecule has 2 aromatic carbocycles. The van der Waals surface area contributed by atoms with E-state index in [-0.39, 0.29) is 21.5 Å². The third kappa shape index (κ3) is 3.32. The van der Waals surface area contributed by atoms with Gasteiger partial charge in [-0.3, -0.25) is 14.4 Å². The van der Waals surface area contributed by atoms with Crippen molar-refractivity contribution in [2.45, 2.75) is 6.92 Å². The summed E-state index contributed by atoms with van der Waals surface area (Å²) in [7, 11) is 0. The molecule has 29 heavy (non-hydrogen) atoms. The molecule has 2 aromatic heterocycles. The average molecular weight is 404 g/mol. The zero-order valence-corrected chi connectivity index (χ0v) is 16.2. The number of amides is 2. The molecular formula is C22H16N2O4S. The summed E-state index contributed by atoms with van der Waals surface area (Å²) in [5.41, 5.74) is 7.06. The Kier molecular flexibility index (Phi) is 4.74. The van der Waals surface area contributed by atoms with E-state index in [1.54, 1.807) is 36.6 Å². The number of nitrogens with two attached hydrogens (primary N) is 1. The number of hydrogen-bond acceptors (Lipinski definition) is 5. The highest BCUT2D eigenvalue weighted by Gasteiger charge is 2.20. The first-order chi connectivity index (χ1) is 14.0. The molecule has 6 nitrogen and oxygen atoms in total. The first-order valence-electron chi connectivity index (χ1n) is 8.78. The van der Waals surface area contributed by atoms with Gasteiger partial charge in [0.05, 0.1) is 16.6 Å². The highest BCUT2D eigenvalue weighted by atomic mass is 32.1. The molecule has 0 fully saturated rings. The number of rotatable bonds is 4. The molecule has 0 aliphatic heterocycles. The Morgan fingerprint density at radius 3 is 2.52 bits per heavy atom. The van der Waals surface area contributed by atoms with Crippen molar-refractivity contribution in [3.05, 3.63) is 86.2 Å². The summed E-state index contributed by atoms with van der Waals surface area (Å²) in [6.07, 6.45) is 0. The summed E-state index contributed by atoms with van der Waals surface area (Å²) < 4.78 is 6.06. The Labute approximate surface area is 169 Å². The maximum Gasteiger partial charge on any atom is 0.260 e. The highest BCUT2D eigenvalue weighted by Crippen LogP contribution is 2.28. The summed E-state index contributed by atoms with van der Waals surface area (Å²) in [5, 5.41) is 4.66. The fraction of sp³-hybridized carbons (Fsp3) is 0.0455. The third-order valence-electron chi connectivity index (χ3n) is 4.56. The van der Waals surface area contributed by atoms with Crippen molar-refractivity contribution in [2.75, 3.05) is 5.32 Å². The van der Waals surface area contributed by atoms with Crippen LogP contribution >= 0.6 is 11.3 Å². The number of anilines is 1.